The van der Waals surface area contributed by atoms with Crippen molar-refractivity contribution in [2.75, 3.05) is 32.9 Å². The summed E-state index contributed by atoms with van der Waals surface area (Å²) in [6.45, 7) is 8.53. The Balaban J connectivity index is 2.71. The number of nitrogens with zero attached hydrogens (tertiary/aromatic N) is 1. The summed E-state index contributed by atoms with van der Waals surface area (Å²) in [6, 6.07) is 0.0571. The van der Waals surface area contributed by atoms with Crippen LogP contribution in [0.2, 0.25) is 0 Å². The van der Waals surface area contributed by atoms with Crippen molar-refractivity contribution in [1.29, 1.82) is 0 Å². The molecule has 1 unspecified atom stereocenters. The van der Waals surface area contributed by atoms with E-state index in [1.807, 2.05) is 19.1 Å². The van der Waals surface area contributed by atoms with Crippen molar-refractivity contribution in [1.82, 2.24) is 4.90 Å². The third-order valence-corrected chi connectivity index (χ3v) is 2.93. The van der Waals surface area contributed by atoms with Gasteiger partial charge in [0.15, 0.2) is 0 Å². The highest BCUT2D eigenvalue weighted by atomic mass is 16.5. The minimum absolute atomic E-state index is 0.0571. The number of morpholine rings is 1. The van der Waals surface area contributed by atoms with Crippen LogP contribution in [-0.4, -0.2) is 49.0 Å². The van der Waals surface area contributed by atoms with Crippen LogP contribution in [0.15, 0.2) is 36.1 Å². The molecule has 1 fully saturated rings. The summed E-state index contributed by atoms with van der Waals surface area (Å²) in [6.07, 6.45) is 5.53. The number of rotatable bonds is 5. The van der Waals surface area contributed by atoms with Crippen LogP contribution in [0.4, 0.5) is 0 Å². The van der Waals surface area contributed by atoms with E-state index in [9.17, 15) is 5.11 Å². The lowest BCUT2D eigenvalue weighted by molar-refractivity contribution is -0.0228. The molecule has 0 saturated carbocycles. The summed E-state index contributed by atoms with van der Waals surface area (Å²) in [7, 11) is 0. The minimum Gasteiger partial charge on any atom is -0.399 e. The minimum atomic E-state index is 0.0571. The lowest BCUT2D eigenvalue weighted by Crippen LogP contribution is -2.48. The molecular weight excluding hydrogens is 216 g/mol. The molecule has 1 saturated heterocycles. The molecule has 0 radical (unpaired) electrons. The number of hydrogen-bond acceptors (Lipinski definition) is 4. The van der Waals surface area contributed by atoms with Gasteiger partial charge in [-0.05, 0) is 12.5 Å². The van der Waals surface area contributed by atoms with Gasteiger partial charge >= 0.3 is 0 Å². The predicted molar refractivity (Wildman–Crippen MR) is 69.5 cm³/mol. The number of allylic oxidation sites excluding steroid dienone is 3. The molecule has 1 atom stereocenters. The van der Waals surface area contributed by atoms with Crippen LogP contribution in [0.5, 0.6) is 0 Å². The maximum absolute atomic E-state index is 9.29. The predicted octanol–water partition coefficient (Wildman–Crippen LogP) is 0.654. The fourth-order valence-corrected chi connectivity index (χ4v) is 1.85. The van der Waals surface area contributed by atoms with E-state index in [4.69, 9.17) is 10.5 Å². The average molecular weight is 238 g/mol. The van der Waals surface area contributed by atoms with E-state index < -0.39 is 0 Å². The zero-order valence-electron chi connectivity index (χ0n) is 10.4. The molecule has 1 rings (SSSR count). The van der Waals surface area contributed by atoms with Crippen LogP contribution >= 0.6 is 0 Å². The third-order valence-electron chi connectivity index (χ3n) is 2.93. The van der Waals surface area contributed by atoms with Crippen molar-refractivity contribution in [3.63, 3.8) is 0 Å². The molecular formula is C13H22N2O2. The van der Waals surface area contributed by atoms with Gasteiger partial charge in [0.05, 0.1) is 25.9 Å². The standard InChI is InChI=1S/C13H22N2O2/c1-3-5-11(13(14)4-2)8-15-6-7-17-10-12(15)9-16/h3-5,12,16H,1,6-10,14H2,2H3/b11-5-,13-4+. The number of aliphatic hydroxyl groups excluding tert-OH is 1. The van der Waals surface area contributed by atoms with E-state index in [2.05, 4.69) is 11.5 Å². The SMILES string of the molecule is C=C/C=C(CN1CCOCC1CO)\C(N)=C/C. The molecule has 1 aliphatic heterocycles. The quantitative estimate of drug-likeness (QED) is 0.691. The Morgan fingerprint density at radius 3 is 3.00 bits per heavy atom. The molecule has 1 aliphatic rings. The first-order valence-electron chi connectivity index (χ1n) is 5.89. The molecule has 1 heterocycles. The van der Waals surface area contributed by atoms with E-state index in [1.165, 1.54) is 0 Å². The normalized spacial score (nSPS) is 23.8. The first-order chi connectivity index (χ1) is 8.22. The van der Waals surface area contributed by atoms with Gasteiger partial charge in [-0.3, -0.25) is 4.90 Å². The fourth-order valence-electron chi connectivity index (χ4n) is 1.85. The Hall–Kier alpha value is -1.10. The van der Waals surface area contributed by atoms with Crippen LogP contribution in [0.25, 0.3) is 0 Å². The second-order valence-electron chi connectivity index (χ2n) is 4.05. The zero-order chi connectivity index (χ0) is 12.7. The summed E-state index contributed by atoms with van der Waals surface area (Å²) in [5.41, 5.74) is 7.72. The van der Waals surface area contributed by atoms with Gasteiger partial charge in [-0.1, -0.05) is 24.8 Å². The van der Waals surface area contributed by atoms with Gasteiger partial charge in [0.1, 0.15) is 0 Å². The zero-order valence-corrected chi connectivity index (χ0v) is 10.4. The number of ether oxygens (including phenoxy) is 1. The monoisotopic (exact) mass is 238 g/mol. The van der Waals surface area contributed by atoms with Gasteiger partial charge in [-0.25, -0.2) is 0 Å². The summed E-state index contributed by atoms with van der Waals surface area (Å²) in [4.78, 5) is 2.19. The van der Waals surface area contributed by atoms with Crippen molar-refractivity contribution in [2.24, 2.45) is 5.73 Å². The van der Waals surface area contributed by atoms with Gasteiger partial charge in [0.25, 0.3) is 0 Å². The highest BCUT2D eigenvalue weighted by molar-refractivity contribution is 5.32. The Labute approximate surface area is 103 Å². The number of hydrogen-bond donors (Lipinski definition) is 2. The lowest BCUT2D eigenvalue weighted by atomic mass is 10.1. The molecule has 0 amide bonds. The van der Waals surface area contributed by atoms with Crippen molar-refractivity contribution >= 4 is 0 Å². The molecule has 4 nitrogen and oxygen atoms in total. The maximum atomic E-state index is 9.29. The second-order valence-corrected chi connectivity index (χ2v) is 4.05. The molecule has 0 aliphatic carbocycles. The van der Waals surface area contributed by atoms with Gasteiger partial charge < -0.3 is 15.6 Å². The van der Waals surface area contributed by atoms with E-state index in [0.29, 0.717) is 13.2 Å². The second kappa shape index (κ2) is 7.27. The fraction of sp³-hybridized carbons (Fsp3) is 0.538. The highest BCUT2D eigenvalue weighted by Gasteiger charge is 2.23. The summed E-state index contributed by atoms with van der Waals surface area (Å²) in [5, 5.41) is 9.29. The summed E-state index contributed by atoms with van der Waals surface area (Å²) >= 11 is 0. The maximum Gasteiger partial charge on any atom is 0.0644 e. The Kier molecular flexibility index (Phi) is 5.97. The van der Waals surface area contributed by atoms with Gasteiger partial charge in [-0.15, -0.1) is 0 Å². The molecule has 0 spiro atoms. The molecule has 17 heavy (non-hydrogen) atoms. The van der Waals surface area contributed by atoms with E-state index in [0.717, 1.165) is 24.4 Å². The Morgan fingerprint density at radius 2 is 2.41 bits per heavy atom. The smallest absolute Gasteiger partial charge is 0.0644 e. The molecule has 4 heteroatoms. The number of nitrogens with two attached hydrogens (primary N) is 1. The largest absolute Gasteiger partial charge is 0.399 e. The summed E-state index contributed by atoms with van der Waals surface area (Å²) < 4.78 is 5.34. The average Bonchev–Trinajstić information content (AvgIpc) is 2.38. The molecule has 96 valence electrons. The van der Waals surface area contributed by atoms with Crippen LogP contribution in [0.1, 0.15) is 6.92 Å². The van der Waals surface area contributed by atoms with Crippen molar-refractivity contribution in [3.8, 4) is 0 Å². The van der Waals surface area contributed by atoms with Crippen LogP contribution in [0.3, 0.4) is 0 Å². The van der Waals surface area contributed by atoms with E-state index in [-0.39, 0.29) is 12.6 Å². The van der Waals surface area contributed by atoms with Gasteiger partial charge in [0, 0.05) is 18.8 Å². The van der Waals surface area contributed by atoms with Crippen molar-refractivity contribution < 1.29 is 9.84 Å². The van der Waals surface area contributed by atoms with E-state index >= 15 is 0 Å². The molecule has 3 N–H and O–H groups in total. The third kappa shape index (κ3) is 4.00. The molecule has 0 aromatic carbocycles. The molecule has 0 aromatic rings. The van der Waals surface area contributed by atoms with Crippen LogP contribution in [-0.2, 0) is 4.74 Å². The van der Waals surface area contributed by atoms with Crippen LogP contribution < -0.4 is 5.73 Å². The molecule has 0 aromatic heterocycles. The van der Waals surface area contributed by atoms with Gasteiger partial charge in [0.2, 0.25) is 0 Å². The van der Waals surface area contributed by atoms with Crippen molar-refractivity contribution in [3.05, 3.63) is 36.1 Å². The topological polar surface area (TPSA) is 58.7 Å². The number of aliphatic hydroxyl groups is 1. The first kappa shape index (κ1) is 14.0. The lowest BCUT2D eigenvalue weighted by Gasteiger charge is -2.35. The van der Waals surface area contributed by atoms with Crippen LogP contribution in [0, 0.1) is 0 Å². The van der Waals surface area contributed by atoms with E-state index in [1.54, 1.807) is 6.08 Å². The Morgan fingerprint density at radius 1 is 1.65 bits per heavy atom. The molecule has 0 bridgehead atoms. The highest BCUT2D eigenvalue weighted by Crippen LogP contribution is 2.13. The van der Waals surface area contributed by atoms with Crippen molar-refractivity contribution in [2.45, 2.75) is 13.0 Å². The van der Waals surface area contributed by atoms with Gasteiger partial charge in [-0.2, -0.15) is 0 Å². The summed E-state index contributed by atoms with van der Waals surface area (Å²) in [5.74, 6) is 0. The Bertz CT molecular complexity index is 311. The first-order valence-corrected chi connectivity index (χ1v) is 5.89.